The number of hydrogen-bond acceptors (Lipinski definition) is 2. The van der Waals surface area contributed by atoms with E-state index in [1.807, 2.05) is 42.5 Å². The second kappa shape index (κ2) is 4.39. The first-order valence-electron chi connectivity index (χ1n) is 6.22. The molecular weight excluding hydrogens is 240 g/mol. The van der Waals surface area contributed by atoms with Crippen LogP contribution in [0.25, 0.3) is 11.8 Å². The molecule has 0 N–H and O–H groups in total. The third-order valence-corrected chi connectivity index (χ3v) is 3.45. The fourth-order valence-electron chi connectivity index (χ4n) is 2.42. The zero-order valence-electron chi connectivity index (χ0n) is 10.7. The Morgan fingerprint density at radius 3 is 2.89 bits per heavy atom. The van der Waals surface area contributed by atoms with Gasteiger partial charge in [-0.15, -0.1) is 0 Å². The Labute approximate surface area is 111 Å². The van der Waals surface area contributed by atoms with E-state index in [0.29, 0.717) is 0 Å². The number of aromatic carboxylic acids is 1. The lowest BCUT2D eigenvalue weighted by Gasteiger charge is -2.15. The van der Waals surface area contributed by atoms with Crippen LogP contribution in [0.2, 0.25) is 0 Å². The highest BCUT2D eigenvalue weighted by Crippen LogP contribution is 2.27. The van der Waals surface area contributed by atoms with Crippen LogP contribution in [0.5, 0.6) is 0 Å². The quantitative estimate of drug-likeness (QED) is 0.738. The summed E-state index contributed by atoms with van der Waals surface area (Å²) in [6.07, 6.45) is 9.90. The average molecular weight is 254 g/mol. The molecule has 1 aromatic heterocycles. The van der Waals surface area contributed by atoms with E-state index in [-0.39, 0.29) is 5.56 Å². The molecule has 0 unspecified atom stereocenters. The summed E-state index contributed by atoms with van der Waals surface area (Å²) in [7, 11) is 1.97. The number of benzene rings is 1. The lowest BCUT2D eigenvalue weighted by atomic mass is 9.93. The minimum absolute atomic E-state index is 0.231. The van der Waals surface area contributed by atoms with Crippen LogP contribution in [0.15, 0.2) is 36.9 Å². The molecule has 4 nitrogen and oxygen atoms in total. The number of aryl methyl sites for hydroxylation is 2. The lowest BCUT2D eigenvalue weighted by Crippen LogP contribution is -2.24. The maximum atomic E-state index is 10.9. The molecule has 0 radical (unpaired) electrons. The van der Waals surface area contributed by atoms with Crippen molar-refractivity contribution >= 4 is 17.7 Å². The van der Waals surface area contributed by atoms with Crippen molar-refractivity contribution in [1.29, 1.82) is 0 Å². The van der Waals surface area contributed by atoms with Crippen molar-refractivity contribution < 1.29 is 14.5 Å². The van der Waals surface area contributed by atoms with Crippen molar-refractivity contribution in [2.24, 2.45) is 7.05 Å². The van der Waals surface area contributed by atoms with Gasteiger partial charge in [-0.3, -0.25) is 0 Å². The Morgan fingerprint density at radius 1 is 1.37 bits per heavy atom. The molecular formula is C15H14N2O2. The minimum Gasteiger partial charge on any atom is -0.545 e. The van der Waals surface area contributed by atoms with E-state index < -0.39 is 5.97 Å². The van der Waals surface area contributed by atoms with Crippen LogP contribution in [0.1, 0.15) is 27.9 Å². The molecule has 0 bridgehead atoms. The normalized spacial score (nSPS) is 13.8. The predicted octanol–water partition coefficient (Wildman–Crippen LogP) is 0.620. The molecule has 1 aliphatic rings. The number of carbonyl (C=O) groups excluding carboxylic acids is 1. The monoisotopic (exact) mass is 254 g/mol. The molecule has 4 heteroatoms. The molecule has 0 fully saturated rings. The molecule has 2 aromatic rings. The number of carbonyl (C=O) groups is 1. The van der Waals surface area contributed by atoms with E-state index in [9.17, 15) is 9.90 Å². The Balaban J connectivity index is 2.03. The van der Waals surface area contributed by atoms with Gasteiger partial charge in [0.25, 0.3) is 0 Å². The lowest BCUT2D eigenvalue weighted by molar-refractivity contribution is -0.670. The van der Waals surface area contributed by atoms with Crippen molar-refractivity contribution in [2.45, 2.75) is 12.8 Å². The van der Waals surface area contributed by atoms with Gasteiger partial charge >= 0.3 is 0 Å². The number of fused-ring (bicyclic) bond motifs is 1. The summed E-state index contributed by atoms with van der Waals surface area (Å²) >= 11 is 0. The molecule has 0 saturated carbocycles. The minimum atomic E-state index is -1.13. The predicted molar refractivity (Wildman–Crippen MR) is 68.9 cm³/mol. The summed E-state index contributed by atoms with van der Waals surface area (Å²) in [4.78, 5) is 10.9. The van der Waals surface area contributed by atoms with Gasteiger partial charge in [0.1, 0.15) is 18.1 Å². The summed E-state index contributed by atoms with van der Waals surface area (Å²) in [6, 6.07) is 5.18. The van der Waals surface area contributed by atoms with Gasteiger partial charge in [-0.1, -0.05) is 12.1 Å². The van der Waals surface area contributed by atoms with Gasteiger partial charge in [-0.2, -0.15) is 0 Å². The van der Waals surface area contributed by atoms with Crippen molar-refractivity contribution in [3.8, 4) is 0 Å². The van der Waals surface area contributed by atoms with Crippen LogP contribution in [0.3, 0.4) is 0 Å². The van der Waals surface area contributed by atoms with Gasteiger partial charge in [0.15, 0.2) is 0 Å². The first kappa shape index (κ1) is 11.7. The number of imidazole rings is 1. The van der Waals surface area contributed by atoms with Gasteiger partial charge in [-0.05, 0) is 35.3 Å². The average Bonchev–Trinajstić information content (AvgIpc) is 2.84. The maximum absolute atomic E-state index is 10.9. The summed E-state index contributed by atoms with van der Waals surface area (Å²) < 4.78 is 4.04. The largest absolute Gasteiger partial charge is 0.545 e. The molecule has 19 heavy (non-hydrogen) atoms. The van der Waals surface area contributed by atoms with Crippen LogP contribution in [0, 0.1) is 0 Å². The molecule has 0 atom stereocenters. The van der Waals surface area contributed by atoms with E-state index in [4.69, 9.17) is 0 Å². The topological polar surface area (TPSA) is 48.9 Å². The molecule has 96 valence electrons. The second-order valence-corrected chi connectivity index (χ2v) is 4.82. The SMILES string of the molecule is C[n+]1ccn(C2=Cc3cc(C(=O)[O-])ccc3CC2)c1. The molecule has 0 spiro atoms. The fraction of sp³-hybridized carbons (Fsp3) is 0.200. The number of nitrogens with zero attached hydrogens (tertiary/aromatic N) is 2. The van der Waals surface area contributed by atoms with E-state index in [1.54, 1.807) is 12.1 Å². The number of carboxylic acid groups (broad SMARTS) is 1. The zero-order chi connectivity index (χ0) is 13.4. The Kier molecular flexibility index (Phi) is 2.71. The summed E-state index contributed by atoms with van der Waals surface area (Å²) in [5.74, 6) is -1.13. The summed E-state index contributed by atoms with van der Waals surface area (Å²) in [6.45, 7) is 0. The summed E-state index contributed by atoms with van der Waals surface area (Å²) in [5, 5.41) is 10.9. The van der Waals surface area contributed by atoms with Gasteiger partial charge in [0.2, 0.25) is 6.33 Å². The first-order chi connectivity index (χ1) is 9.13. The van der Waals surface area contributed by atoms with E-state index in [1.165, 1.54) is 11.3 Å². The summed E-state index contributed by atoms with van der Waals surface area (Å²) in [5.41, 5.74) is 3.56. The Hall–Kier alpha value is -2.36. The van der Waals surface area contributed by atoms with Crippen molar-refractivity contribution in [3.05, 3.63) is 53.6 Å². The highest BCUT2D eigenvalue weighted by atomic mass is 16.4. The van der Waals surface area contributed by atoms with Crippen molar-refractivity contribution in [1.82, 2.24) is 4.57 Å². The molecule has 1 aliphatic carbocycles. The molecule has 0 saturated heterocycles. The number of hydrogen-bond donors (Lipinski definition) is 0. The third-order valence-electron chi connectivity index (χ3n) is 3.45. The van der Waals surface area contributed by atoms with E-state index in [0.717, 1.165) is 18.4 Å². The standard InChI is InChI=1S/C15H14N2O2/c1-16-6-7-17(10-16)14-5-4-11-2-3-12(15(18)19)8-13(11)9-14/h2-3,6-10H,4-5H2,1H3. The number of carboxylic acids is 1. The highest BCUT2D eigenvalue weighted by Gasteiger charge is 2.15. The highest BCUT2D eigenvalue weighted by molar-refractivity contribution is 5.88. The number of aromatic nitrogens is 2. The number of rotatable bonds is 2. The van der Waals surface area contributed by atoms with Crippen molar-refractivity contribution in [3.63, 3.8) is 0 Å². The molecule has 3 rings (SSSR count). The molecule has 0 aliphatic heterocycles. The van der Waals surface area contributed by atoms with Gasteiger partial charge in [0, 0.05) is 6.42 Å². The third kappa shape index (κ3) is 2.17. The maximum Gasteiger partial charge on any atom is 0.248 e. The van der Waals surface area contributed by atoms with Crippen LogP contribution < -0.4 is 9.67 Å². The van der Waals surface area contributed by atoms with Crippen LogP contribution in [0.4, 0.5) is 0 Å². The van der Waals surface area contributed by atoms with Crippen LogP contribution in [-0.4, -0.2) is 10.5 Å². The van der Waals surface area contributed by atoms with E-state index in [2.05, 4.69) is 4.57 Å². The van der Waals surface area contributed by atoms with Crippen molar-refractivity contribution in [2.75, 3.05) is 0 Å². The fourth-order valence-corrected chi connectivity index (χ4v) is 2.42. The smallest absolute Gasteiger partial charge is 0.248 e. The molecule has 1 heterocycles. The van der Waals surface area contributed by atoms with Crippen LogP contribution >= 0.6 is 0 Å². The first-order valence-corrected chi connectivity index (χ1v) is 6.22. The zero-order valence-corrected chi connectivity index (χ0v) is 10.7. The van der Waals surface area contributed by atoms with E-state index >= 15 is 0 Å². The van der Waals surface area contributed by atoms with Crippen LogP contribution in [-0.2, 0) is 13.5 Å². The second-order valence-electron chi connectivity index (χ2n) is 4.82. The molecule has 1 aromatic carbocycles. The molecule has 0 amide bonds. The number of allylic oxidation sites excluding steroid dienone is 1. The Bertz CT molecular complexity index is 683. The van der Waals surface area contributed by atoms with Gasteiger partial charge < -0.3 is 9.90 Å². The van der Waals surface area contributed by atoms with Gasteiger partial charge in [0.05, 0.1) is 13.0 Å². The van der Waals surface area contributed by atoms with Gasteiger partial charge in [-0.25, -0.2) is 9.13 Å². The Morgan fingerprint density at radius 2 is 2.21 bits per heavy atom.